The lowest BCUT2D eigenvalue weighted by Gasteiger charge is -2.20. The second-order valence-corrected chi connectivity index (χ2v) is 5.30. The monoisotopic (exact) mass is 321 g/mol. The fourth-order valence-electron chi connectivity index (χ4n) is 2.39. The van der Waals surface area contributed by atoms with Gasteiger partial charge in [-0.25, -0.2) is 0 Å². The molecule has 22 heavy (non-hydrogen) atoms. The Morgan fingerprint density at radius 3 is 1.82 bits per heavy atom. The first kappa shape index (κ1) is 16.4. The third-order valence-electron chi connectivity index (χ3n) is 3.38. The maximum absolute atomic E-state index is 10.9. The summed E-state index contributed by atoms with van der Waals surface area (Å²) >= 11 is 0. The van der Waals surface area contributed by atoms with Crippen molar-refractivity contribution in [1.82, 2.24) is 0 Å². The maximum atomic E-state index is 10.9. The van der Waals surface area contributed by atoms with Crippen LogP contribution >= 0.6 is 8.25 Å². The van der Waals surface area contributed by atoms with Crippen molar-refractivity contribution >= 4 is 8.25 Å². The Kier molecular flexibility index (Phi) is 5.90. The molecule has 0 aliphatic rings. The van der Waals surface area contributed by atoms with E-state index < -0.39 is 8.25 Å². The highest BCUT2D eigenvalue weighted by molar-refractivity contribution is 7.32. The molecule has 0 aliphatic heterocycles. The summed E-state index contributed by atoms with van der Waals surface area (Å²) in [5.41, 5.74) is 1.73. The molecule has 5 nitrogen and oxygen atoms in total. The van der Waals surface area contributed by atoms with Crippen molar-refractivity contribution in [2.24, 2.45) is 0 Å². The maximum Gasteiger partial charge on any atom is 0.694 e. The minimum Gasteiger partial charge on any atom is -0.496 e. The van der Waals surface area contributed by atoms with Gasteiger partial charge in [-0.3, -0.25) is 0 Å². The molecular weight excluding hydrogens is 303 g/mol. The summed E-state index contributed by atoms with van der Waals surface area (Å²) in [6, 6.07) is 15.0. The number of benzene rings is 2. The van der Waals surface area contributed by atoms with Gasteiger partial charge in [0, 0.05) is 21.6 Å². The summed E-state index contributed by atoms with van der Waals surface area (Å²) in [5, 5.41) is 0. The molecule has 0 aromatic heterocycles. The molecule has 0 saturated heterocycles. The van der Waals surface area contributed by atoms with Crippen molar-refractivity contribution in [2.75, 3.05) is 20.8 Å². The molecule has 1 atom stereocenters. The Morgan fingerprint density at radius 2 is 1.41 bits per heavy atom. The number of hydrogen-bond acceptors (Lipinski definition) is 4. The Bertz CT molecular complexity index is 596. The lowest BCUT2D eigenvalue weighted by atomic mass is 9.90. The van der Waals surface area contributed by atoms with Crippen LogP contribution in [0.4, 0.5) is 0 Å². The van der Waals surface area contributed by atoms with Crippen LogP contribution in [0, 0.1) is 0 Å². The first-order valence-electron chi connectivity index (χ1n) is 6.72. The van der Waals surface area contributed by atoms with Gasteiger partial charge in [0.2, 0.25) is 0 Å². The van der Waals surface area contributed by atoms with Gasteiger partial charge in [-0.2, -0.15) is 0 Å². The molecule has 6 heteroatoms. The van der Waals surface area contributed by atoms with Crippen LogP contribution in [-0.4, -0.2) is 25.7 Å². The van der Waals surface area contributed by atoms with E-state index in [4.69, 9.17) is 18.9 Å². The lowest BCUT2D eigenvalue weighted by molar-refractivity contribution is 0.267. The molecule has 1 N–H and O–H groups in total. The molecule has 0 heterocycles. The predicted molar refractivity (Wildman–Crippen MR) is 83.6 cm³/mol. The third kappa shape index (κ3) is 3.83. The van der Waals surface area contributed by atoms with E-state index >= 15 is 0 Å². The number of ether oxygens (including phenoxy) is 2. The second kappa shape index (κ2) is 7.90. The minimum atomic E-state index is -2.67. The molecule has 0 aliphatic carbocycles. The molecule has 0 amide bonds. The Hall–Kier alpha value is -1.94. The Balaban J connectivity index is 2.48. The van der Waals surface area contributed by atoms with Crippen molar-refractivity contribution in [3.05, 3.63) is 59.7 Å². The van der Waals surface area contributed by atoms with Crippen LogP contribution in [0.3, 0.4) is 0 Å². The minimum absolute atomic E-state index is 0.0481. The molecule has 0 saturated carbocycles. The van der Waals surface area contributed by atoms with Crippen LogP contribution < -0.4 is 9.47 Å². The van der Waals surface area contributed by atoms with Crippen molar-refractivity contribution in [3.8, 4) is 11.5 Å². The standard InChI is InChI=1S/C16H17O5P/c1-19-15-9-5-3-7-12(15)14(11-21-22(17)18)13-8-4-6-10-16(13)20-2/h3-10,14H,11H2,1-2H3/p+1. The van der Waals surface area contributed by atoms with Gasteiger partial charge in [0.05, 0.1) is 14.2 Å². The Labute approximate surface area is 130 Å². The van der Waals surface area contributed by atoms with Crippen LogP contribution in [0.25, 0.3) is 0 Å². The summed E-state index contributed by atoms with van der Waals surface area (Å²) in [5.74, 6) is 1.10. The average molecular weight is 321 g/mol. The van der Waals surface area contributed by atoms with Gasteiger partial charge in [-0.15, -0.1) is 9.42 Å². The fourth-order valence-corrected chi connectivity index (χ4v) is 2.67. The predicted octanol–water partition coefficient (Wildman–Crippen LogP) is 3.50. The van der Waals surface area contributed by atoms with Crippen LogP contribution in [0.1, 0.15) is 17.0 Å². The van der Waals surface area contributed by atoms with Crippen molar-refractivity contribution < 1.29 is 23.5 Å². The fraction of sp³-hybridized carbons (Fsp3) is 0.250. The van der Waals surface area contributed by atoms with E-state index in [1.807, 2.05) is 48.5 Å². The first-order chi connectivity index (χ1) is 10.7. The lowest BCUT2D eigenvalue weighted by Crippen LogP contribution is -2.10. The molecule has 116 valence electrons. The molecule has 2 rings (SSSR count). The number of para-hydroxylation sites is 2. The normalized spacial score (nSPS) is 11.4. The van der Waals surface area contributed by atoms with Gasteiger partial charge < -0.3 is 9.47 Å². The van der Waals surface area contributed by atoms with Gasteiger partial charge >= 0.3 is 8.25 Å². The van der Waals surface area contributed by atoms with Gasteiger partial charge in [0.1, 0.15) is 18.1 Å². The van der Waals surface area contributed by atoms with Crippen LogP contribution in [-0.2, 0) is 9.09 Å². The second-order valence-electron chi connectivity index (χ2n) is 4.57. The molecule has 2 aromatic rings. The summed E-state index contributed by atoms with van der Waals surface area (Å²) < 4.78 is 26.7. The highest BCUT2D eigenvalue weighted by Crippen LogP contribution is 2.37. The van der Waals surface area contributed by atoms with Crippen molar-refractivity contribution in [3.63, 3.8) is 0 Å². The Morgan fingerprint density at radius 1 is 0.955 bits per heavy atom. The van der Waals surface area contributed by atoms with E-state index in [-0.39, 0.29) is 12.5 Å². The molecule has 0 radical (unpaired) electrons. The zero-order valence-electron chi connectivity index (χ0n) is 12.4. The molecule has 0 spiro atoms. The summed E-state index contributed by atoms with van der Waals surface area (Å²) in [6.07, 6.45) is 0. The number of rotatable bonds is 7. The van der Waals surface area contributed by atoms with E-state index in [0.29, 0.717) is 11.5 Å². The number of methoxy groups -OCH3 is 2. The SMILES string of the molecule is COc1ccccc1C(CO[P+](=O)O)c1ccccc1OC. The smallest absolute Gasteiger partial charge is 0.496 e. The van der Waals surface area contributed by atoms with Crippen molar-refractivity contribution in [1.29, 1.82) is 0 Å². The van der Waals surface area contributed by atoms with Gasteiger partial charge in [-0.1, -0.05) is 36.4 Å². The summed E-state index contributed by atoms with van der Waals surface area (Å²) in [7, 11) is 0.504. The highest BCUT2D eigenvalue weighted by Gasteiger charge is 2.26. The molecule has 2 aromatic carbocycles. The number of hydrogen-bond donors (Lipinski definition) is 1. The molecular formula is C16H18O5P+. The van der Waals surface area contributed by atoms with Gasteiger partial charge in [0.25, 0.3) is 0 Å². The van der Waals surface area contributed by atoms with E-state index in [1.54, 1.807) is 14.2 Å². The van der Waals surface area contributed by atoms with Crippen LogP contribution in [0.5, 0.6) is 11.5 Å². The first-order valence-corrected chi connectivity index (χ1v) is 7.85. The molecule has 0 bridgehead atoms. The zero-order chi connectivity index (χ0) is 15.9. The zero-order valence-corrected chi connectivity index (χ0v) is 13.3. The largest absolute Gasteiger partial charge is 0.694 e. The molecule has 1 unspecified atom stereocenters. The van der Waals surface area contributed by atoms with Crippen molar-refractivity contribution in [2.45, 2.75) is 5.92 Å². The van der Waals surface area contributed by atoms with Gasteiger partial charge in [-0.05, 0) is 12.1 Å². The van der Waals surface area contributed by atoms with E-state index in [0.717, 1.165) is 11.1 Å². The van der Waals surface area contributed by atoms with Crippen LogP contribution in [0.15, 0.2) is 48.5 Å². The third-order valence-corrected chi connectivity index (χ3v) is 3.75. The quantitative estimate of drug-likeness (QED) is 0.791. The highest BCUT2D eigenvalue weighted by atomic mass is 31.1. The van der Waals surface area contributed by atoms with Gasteiger partial charge in [0.15, 0.2) is 0 Å². The van der Waals surface area contributed by atoms with E-state index in [9.17, 15) is 4.57 Å². The summed E-state index contributed by atoms with van der Waals surface area (Å²) in [4.78, 5) is 8.97. The summed E-state index contributed by atoms with van der Waals surface area (Å²) in [6.45, 7) is 0.0481. The van der Waals surface area contributed by atoms with E-state index in [1.165, 1.54) is 0 Å². The van der Waals surface area contributed by atoms with Crippen LogP contribution in [0.2, 0.25) is 0 Å². The van der Waals surface area contributed by atoms with E-state index in [2.05, 4.69) is 0 Å². The topological polar surface area (TPSA) is 65.0 Å². The average Bonchev–Trinajstić information content (AvgIpc) is 2.55. The molecule has 0 fully saturated rings.